The summed E-state index contributed by atoms with van der Waals surface area (Å²) >= 11 is -1.08. The Morgan fingerprint density at radius 3 is 2.00 bits per heavy atom. The van der Waals surface area contributed by atoms with Gasteiger partial charge in [-0.2, -0.15) is 0 Å². The van der Waals surface area contributed by atoms with Gasteiger partial charge in [-0.05, 0) is 0 Å². The molecule has 2 nitrogen and oxygen atoms in total. The average Bonchev–Trinajstić information content (AvgIpc) is 2.28. The molecule has 0 aromatic carbocycles. The molecule has 0 unspecified atom stereocenters. The second-order valence-corrected chi connectivity index (χ2v) is 15.5. The van der Waals surface area contributed by atoms with Crippen LogP contribution in [0.4, 0.5) is 0 Å². The normalized spacial score (nSPS) is 11.8. The van der Waals surface area contributed by atoms with Gasteiger partial charge in [0.25, 0.3) is 0 Å². The molecule has 0 atom stereocenters. The van der Waals surface area contributed by atoms with Crippen molar-refractivity contribution in [3.05, 3.63) is 0 Å². The fourth-order valence-corrected chi connectivity index (χ4v) is 7.80. The van der Waals surface area contributed by atoms with Crippen molar-refractivity contribution in [2.75, 3.05) is 33.7 Å². The molecule has 0 aromatic rings. The Morgan fingerprint density at radius 1 is 1.00 bits per heavy atom. The molecule has 0 spiro atoms. The molecule has 0 aliphatic rings. The summed E-state index contributed by atoms with van der Waals surface area (Å²) in [5.41, 5.74) is 0. The number of hydrogen-bond donors (Lipinski definition) is 0. The molecule has 0 N–H and O–H groups in total. The second kappa shape index (κ2) is 10.7. The first-order chi connectivity index (χ1) is 7.97. The van der Waals surface area contributed by atoms with E-state index in [0.717, 1.165) is 0 Å². The zero-order valence-corrected chi connectivity index (χ0v) is 16.3. The second-order valence-electron chi connectivity index (χ2n) is 5.86. The van der Waals surface area contributed by atoms with Crippen LogP contribution in [0.1, 0.15) is 33.6 Å². The molecular formula is C14H33InN2. The summed E-state index contributed by atoms with van der Waals surface area (Å²) in [4.78, 5) is 4.91. The Morgan fingerprint density at radius 2 is 1.53 bits per heavy atom. The van der Waals surface area contributed by atoms with Gasteiger partial charge in [0.15, 0.2) is 0 Å². The summed E-state index contributed by atoms with van der Waals surface area (Å²) in [6.07, 6.45) is 2.89. The van der Waals surface area contributed by atoms with Gasteiger partial charge in [-0.25, -0.2) is 0 Å². The van der Waals surface area contributed by atoms with Crippen molar-refractivity contribution in [3.63, 3.8) is 0 Å². The Bertz CT molecular complexity index is 174. The molecule has 0 saturated carbocycles. The topological polar surface area (TPSA) is 6.48 Å². The van der Waals surface area contributed by atoms with E-state index < -0.39 is 21.4 Å². The third-order valence-corrected chi connectivity index (χ3v) is 11.8. The molecule has 0 amide bonds. The third kappa shape index (κ3) is 10.4. The van der Waals surface area contributed by atoms with Crippen LogP contribution in [-0.2, 0) is 0 Å². The van der Waals surface area contributed by atoms with Crippen LogP contribution < -0.4 is 0 Å². The SMILES string of the molecule is CCN(C)CC[CH2][In]([CH3])[CH2]CCN(C)C(C)C. The summed E-state index contributed by atoms with van der Waals surface area (Å²) in [6.45, 7) is 10.6. The van der Waals surface area contributed by atoms with E-state index in [1.165, 1.54) is 32.5 Å². The van der Waals surface area contributed by atoms with Crippen LogP contribution in [0.5, 0.6) is 0 Å². The molecule has 0 bridgehead atoms. The van der Waals surface area contributed by atoms with Crippen LogP contribution in [0, 0.1) is 0 Å². The van der Waals surface area contributed by atoms with E-state index in [0.29, 0.717) is 6.04 Å². The van der Waals surface area contributed by atoms with Crippen LogP contribution in [0.25, 0.3) is 0 Å². The van der Waals surface area contributed by atoms with Gasteiger partial charge in [-0.3, -0.25) is 0 Å². The minimum atomic E-state index is -1.08. The molecule has 0 rings (SSSR count). The van der Waals surface area contributed by atoms with Crippen LogP contribution in [0.15, 0.2) is 0 Å². The van der Waals surface area contributed by atoms with Crippen molar-refractivity contribution in [2.24, 2.45) is 0 Å². The standard InChI is InChI=1S/C7H16N.C6H14N.CH3.In/c1-5-6-8(4)7(2)3;1-4-6-7(3)5-2;;/h7H,1,5-6H2,2-4H3;1,4-6H2,2-3H3;1H3;. The van der Waals surface area contributed by atoms with E-state index in [2.05, 4.69) is 49.3 Å². The summed E-state index contributed by atoms with van der Waals surface area (Å²) in [5, 5.41) is 0. The van der Waals surface area contributed by atoms with E-state index in [-0.39, 0.29) is 0 Å². The monoisotopic (exact) mass is 344 g/mol. The predicted molar refractivity (Wildman–Crippen MR) is 81.4 cm³/mol. The Labute approximate surface area is 117 Å². The van der Waals surface area contributed by atoms with Crippen molar-refractivity contribution < 1.29 is 0 Å². The van der Waals surface area contributed by atoms with Gasteiger partial charge < -0.3 is 0 Å². The van der Waals surface area contributed by atoms with Gasteiger partial charge in [-0.15, -0.1) is 0 Å². The Hall–Kier alpha value is 0.790. The summed E-state index contributed by atoms with van der Waals surface area (Å²) in [7, 11) is 4.48. The molecule has 102 valence electrons. The van der Waals surface area contributed by atoms with Gasteiger partial charge in [0.1, 0.15) is 0 Å². The molecule has 0 radical (unpaired) electrons. The van der Waals surface area contributed by atoms with Crippen molar-refractivity contribution in [1.29, 1.82) is 0 Å². The predicted octanol–water partition coefficient (Wildman–Crippen LogP) is 3.18. The van der Waals surface area contributed by atoms with E-state index in [1.807, 2.05) is 0 Å². The van der Waals surface area contributed by atoms with E-state index in [1.54, 1.807) is 8.35 Å². The van der Waals surface area contributed by atoms with Crippen molar-refractivity contribution in [3.8, 4) is 0 Å². The molecule has 0 aromatic heterocycles. The summed E-state index contributed by atoms with van der Waals surface area (Å²) < 4.78 is 5.80. The summed E-state index contributed by atoms with van der Waals surface area (Å²) in [5.74, 6) is 0. The minimum absolute atomic E-state index is 0.707. The van der Waals surface area contributed by atoms with Gasteiger partial charge in [0.2, 0.25) is 0 Å². The van der Waals surface area contributed by atoms with Gasteiger partial charge in [0.05, 0.1) is 0 Å². The number of hydrogen-bond acceptors (Lipinski definition) is 2. The average molecular weight is 344 g/mol. The molecule has 0 fully saturated rings. The van der Waals surface area contributed by atoms with Crippen LogP contribution in [0.2, 0.25) is 13.0 Å². The Kier molecular flexibility index (Phi) is 11.2. The fraction of sp³-hybridized carbons (Fsp3) is 1.00. The first-order valence-corrected chi connectivity index (χ1v) is 15.3. The number of rotatable bonds is 10. The molecular weight excluding hydrogens is 311 g/mol. The summed E-state index contributed by atoms with van der Waals surface area (Å²) in [6, 6.07) is 0.707. The molecule has 17 heavy (non-hydrogen) atoms. The number of nitrogens with zero attached hydrogens (tertiary/aromatic N) is 2. The first-order valence-electron chi connectivity index (χ1n) is 7.36. The third-order valence-electron chi connectivity index (χ3n) is 3.87. The van der Waals surface area contributed by atoms with Crippen LogP contribution in [-0.4, -0.2) is 71.0 Å². The van der Waals surface area contributed by atoms with Gasteiger partial charge in [-0.1, -0.05) is 0 Å². The molecule has 0 saturated heterocycles. The molecule has 0 aliphatic heterocycles. The van der Waals surface area contributed by atoms with E-state index >= 15 is 0 Å². The van der Waals surface area contributed by atoms with Crippen molar-refractivity contribution >= 4 is 21.4 Å². The molecule has 3 heteroatoms. The quantitative estimate of drug-likeness (QED) is 0.601. The van der Waals surface area contributed by atoms with Gasteiger partial charge in [0, 0.05) is 0 Å². The zero-order chi connectivity index (χ0) is 13.3. The van der Waals surface area contributed by atoms with Crippen molar-refractivity contribution in [1.82, 2.24) is 9.80 Å². The van der Waals surface area contributed by atoms with Crippen LogP contribution >= 0.6 is 0 Å². The van der Waals surface area contributed by atoms with Gasteiger partial charge >= 0.3 is 118 Å². The fourth-order valence-electron chi connectivity index (χ4n) is 1.96. The Balaban J connectivity index is 3.43. The zero-order valence-electron chi connectivity index (χ0n) is 13.0. The van der Waals surface area contributed by atoms with Crippen molar-refractivity contribution in [2.45, 2.75) is 52.7 Å². The van der Waals surface area contributed by atoms with Crippen LogP contribution in [0.3, 0.4) is 0 Å². The first kappa shape index (κ1) is 17.8. The molecule has 0 aliphatic carbocycles. The molecule has 0 heterocycles. The van der Waals surface area contributed by atoms with E-state index in [9.17, 15) is 0 Å². The van der Waals surface area contributed by atoms with E-state index in [4.69, 9.17) is 0 Å². The maximum absolute atomic E-state index is 2.61. The maximum atomic E-state index is 2.61.